The molecule has 1 aliphatic heterocycles. The van der Waals surface area contributed by atoms with Crippen LogP contribution in [0.25, 0.3) is 0 Å². The molecule has 0 spiro atoms. The first-order chi connectivity index (χ1) is 13.3. The van der Waals surface area contributed by atoms with Crippen molar-refractivity contribution in [3.63, 3.8) is 0 Å². The second-order valence-electron chi connectivity index (χ2n) is 7.78. The topological polar surface area (TPSA) is 36.3 Å². The maximum Gasteiger partial charge on any atom is 0.204 e. The first-order valence-corrected chi connectivity index (χ1v) is 9.74. The van der Waals surface area contributed by atoms with Crippen LogP contribution < -0.4 is 15.1 Å². The molecule has 6 heteroatoms. The molecular weight excluding hydrogens is 370 g/mol. The first kappa shape index (κ1) is 18.7. The number of imidazole rings is 1. The van der Waals surface area contributed by atoms with Gasteiger partial charge in [-0.3, -0.25) is 0 Å². The minimum Gasteiger partial charge on any atom is -0.378 e. The third-order valence-electron chi connectivity index (χ3n) is 5.72. The number of anilines is 3. The van der Waals surface area contributed by atoms with Gasteiger partial charge in [0.2, 0.25) is 5.28 Å². The molecule has 1 N–H and O–H groups in total. The Bertz CT molecular complexity index is 936. The van der Waals surface area contributed by atoms with Crippen LogP contribution in [0.4, 0.5) is 17.2 Å². The molecule has 3 aromatic rings. The van der Waals surface area contributed by atoms with E-state index in [1.807, 2.05) is 11.6 Å². The summed E-state index contributed by atoms with van der Waals surface area (Å²) < 4.78 is 1.92. The summed E-state index contributed by atoms with van der Waals surface area (Å²) in [6, 6.07) is 17.5. The zero-order valence-corrected chi connectivity index (χ0v) is 17.7. The van der Waals surface area contributed by atoms with E-state index in [9.17, 15) is 0 Å². The van der Waals surface area contributed by atoms with Gasteiger partial charge in [0.05, 0.1) is 5.41 Å². The lowest BCUT2D eigenvalue weighted by molar-refractivity contribution is 0.664. The van der Waals surface area contributed by atoms with E-state index in [2.05, 4.69) is 91.8 Å². The number of hydrogen-bond acceptors (Lipinski definition) is 4. The molecule has 0 atom stereocenters. The highest BCUT2D eigenvalue weighted by Gasteiger charge is 2.46. The monoisotopic (exact) mass is 395 g/mol. The molecule has 5 nitrogen and oxygen atoms in total. The van der Waals surface area contributed by atoms with Crippen molar-refractivity contribution in [1.82, 2.24) is 9.55 Å². The third-order valence-corrected chi connectivity index (χ3v) is 6.06. The Morgan fingerprint density at radius 1 is 0.893 bits per heavy atom. The molecule has 0 saturated carbocycles. The van der Waals surface area contributed by atoms with Crippen LogP contribution in [0.1, 0.15) is 16.8 Å². The average molecular weight is 396 g/mol. The summed E-state index contributed by atoms with van der Waals surface area (Å²) in [5.74, 6) is 0.985. The number of rotatable bonds is 4. The van der Waals surface area contributed by atoms with Crippen molar-refractivity contribution in [2.24, 2.45) is 7.05 Å². The molecule has 2 heterocycles. The quantitative estimate of drug-likeness (QED) is 0.725. The van der Waals surface area contributed by atoms with Gasteiger partial charge in [-0.15, -0.1) is 0 Å². The lowest BCUT2D eigenvalue weighted by Gasteiger charge is -2.30. The van der Waals surface area contributed by atoms with E-state index < -0.39 is 0 Å². The molecular formula is C22H26ClN5. The van der Waals surface area contributed by atoms with Crippen LogP contribution in [0, 0.1) is 0 Å². The predicted octanol–water partition coefficient (Wildman–Crippen LogP) is 3.97. The van der Waals surface area contributed by atoms with Crippen LogP contribution >= 0.6 is 11.6 Å². The molecule has 0 fully saturated rings. The number of halogens is 1. The minimum atomic E-state index is -0.379. The second kappa shape index (κ2) is 6.74. The van der Waals surface area contributed by atoms with E-state index in [-0.39, 0.29) is 5.41 Å². The molecule has 1 aliphatic rings. The molecule has 1 aromatic heterocycles. The predicted molar refractivity (Wildman–Crippen MR) is 118 cm³/mol. The van der Waals surface area contributed by atoms with Crippen LogP contribution in [0.3, 0.4) is 0 Å². The van der Waals surface area contributed by atoms with Crippen LogP contribution in [0.5, 0.6) is 0 Å². The Hall–Kier alpha value is -2.66. The molecule has 28 heavy (non-hydrogen) atoms. The Labute approximate surface area is 171 Å². The smallest absolute Gasteiger partial charge is 0.204 e. The number of benzene rings is 2. The van der Waals surface area contributed by atoms with E-state index in [1.165, 1.54) is 22.5 Å². The second-order valence-corrected chi connectivity index (χ2v) is 8.12. The van der Waals surface area contributed by atoms with Gasteiger partial charge in [-0.25, -0.2) is 4.98 Å². The summed E-state index contributed by atoms with van der Waals surface area (Å²) in [6.45, 7) is 0.748. The Balaban J connectivity index is 1.91. The summed E-state index contributed by atoms with van der Waals surface area (Å²) in [7, 11) is 10.2. The normalized spacial score (nSPS) is 14.5. The third kappa shape index (κ3) is 2.73. The fourth-order valence-electron chi connectivity index (χ4n) is 4.00. The Kier molecular flexibility index (Phi) is 4.50. The fourth-order valence-corrected chi connectivity index (χ4v) is 4.17. The first-order valence-electron chi connectivity index (χ1n) is 9.37. The molecule has 0 saturated heterocycles. The van der Waals surface area contributed by atoms with Gasteiger partial charge >= 0.3 is 0 Å². The average Bonchev–Trinajstić information content (AvgIpc) is 3.20. The largest absolute Gasteiger partial charge is 0.378 e. The SMILES string of the molecule is CN(C)c1ccc(C2(c3ccc(N(C)C)cc3)CNc3c2nc(Cl)n3C)cc1. The van der Waals surface area contributed by atoms with Crippen molar-refractivity contribution < 1.29 is 0 Å². The standard InChI is InChI=1S/C22H26ClN5/c1-26(2)17-10-6-15(7-11-17)22(16-8-12-18(13-9-16)27(3)4)14-24-20-19(22)25-21(23)28(20)5/h6-13,24H,14H2,1-5H3. The van der Waals surface area contributed by atoms with Gasteiger partial charge in [0, 0.05) is 53.2 Å². The van der Waals surface area contributed by atoms with Crippen LogP contribution in [-0.4, -0.2) is 44.3 Å². The zero-order valence-electron chi connectivity index (χ0n) is 17.0. The number of aromatic nitrogens is 2. The highest BCUT2D eigenvalue weighted by molar-refractivity contribution is 6.28. The van der Waals surface area contributed by atoms with E-state index in [1.54, 1.807) is 0 Å². The number of fused-ring (bicyclic) bond motifs is 1. The van der Waals surface area contributed by atoms with Gasteiger partial charge in [-0.2, -0.15) is 0 Å². The van der Waals surface area contributed by atoms with Gasteiger partial charge in [-0.1, -0.05) is 24.3 Å². The van der Waals surface area contributed by atoms with Crippen molar-refractivity contribution in [2.75, 3.05) is 49.9 Å². The van der Waals surface area contributed by atoms with Gasteiger partial charge in [-0.05, 0) is 47.0 Å². The molecule has 0 unspecified atom stereocenters. The van der Waals surface area contributed by atoms with Crippen LogP contribution in [0.2, 0.25) is 5.28 Å². The minimum absolute atomic E-state index is 0.379. The maximum atomic E-state index is 6.38. The lowest BCUT2D eigenvalue weighted by Crippen LogP contribution is -2.32. The fraction of sp³-hybridized carbons (Fsp3) is 0.318. The molecule has 0 bridgehead atoms. The number of nitrogens with one attached hydrogen (secondary N) is 1. The van der Waals surface area contributed by atoms with Gasteiger partial charge < -0.3 is 19.7 Å². The Morgan fingerprint density at radius 2 is 1.36 bits per heavy atom. The van der Waals surface area contributed by atoms with Crippen LogP contribution in [0.15, 0.2) is 48.5 Å². The van der Waals surface area contributed by atoms with E-state index >= 15 is 0 Å². The highest BCUT2D eigenvalue weighted by Crippen LogP contribution is 2.47. The van der Waals surface area contributed by atoms with Crippen molar-refractivity contribution >= 4 is 28.8 Å². The molecule has 0 radical (unpaired) electrons. The van der Waals surface area contributed by atoms with Crippen LogP contribution in [-0.2, 0) is 12.5 Å². The van der Waals surface area contributed by atoms with Crippen molar-refractivity contribution in [1.29, 1.82) is 0 Å². The summed E-state index contributed by atoms with van der Waals surface area (Å²) in [5, 5.41) is 4.04. The summed E-state index contributed by atoms with van der Waals surface area (Å²) in [5.41, 5.74) is 5.36. The van der Waals surface area contributed by atoms with Crippen molar-refractivity contribution in [3.8, 4) is 0 Å². The lowest BCUT2D eigenvalue weighted by atomic mass is 9.73. The van der Waals surface area contributed by atoms with Gasteiger partial charge in [0.15, 0.2) is 0 Å². The maximum absolute atomic E-state index is 6.38. The zero-order chi connectivity index (χ0) is 20.1. The molecule has 146 valence electrons. The van der Waals surface area contributed by atoms with E-state index in [0.29, 0.717) is 5.28 Å². The molecule has 0 aliphatic carbocycles. The number of hydrogen-bond donors (Lipinski definition) is 1. The highest BCUT2D eigenvalue weighted by atomic mass is 35.5. The van der Waals surface area contributed by atoms with Gasteiger partial charge in [0.25, 0.3) is 0 Å². The summed E-state index contributed by atoms with van der Waals surface area (Å²) in [6.07, 6.45) is 0. The Morgan fingerprint density at radius 3 is 1.79 bits per heavy atom. The van der Waals surface area contributed by atoms with E-state index in [4.69, 9.17) is 16.6 Å². The summed E-state index contributed by atoms with van der Waals surface area (Å²) >= 11 is 6.38. The molecule has 2 aromatic carbocycles. The van der Waals surface area contributed by atoms with Gasteiger partial charge in [0.1, 0.15) is 11.5 Å². The molecule has 4 rings (SSSR count). The number of nitrogens with zero attached hydrogens (tertiary/aromatic N) is 4. The van der Waals surface area contributed by atoms with E-state index in [0.717, 1.165) is 18.1 Å². The summed E-state index contributed by atoms with van der Waals surface area (Å²) in [4.78, 5) is 8.98. The van der Waals surface area contributed by atoms with Crippen molar-refractivity contribution in [3.05, 3.63) is 70.6 Å². The molecule has 0 amide bonds. The van der Waals surface area contributed by atoms with Crippen molar-refractivity contribution in [2.45, 2.75) is 5.41 Å².